The minimum Gasteiger partial charge on any atom is -0.338 e. The van der Waals surface area contributed by atoms with Crippen LogP contribution in [0.2, 0.25) is 0 Å². The summed E-state index contributed by atoms with van der Waals surface area (Å²) < 4.78 is 0. The Morgan fingerprint density at radius 3 is 2.76 bits per heavy atom. The van der Waals surface area contributed by atoms with Gasteiger partial charge in [0.2, 0.25) is 0 Å². The van der Waals surface area contributed by atoms with Gasteiger partial charge in [-0.1, -0.05) is 43.7 Å². The van der Waals surface area contributed by atoms with Crippen LogP contribution in [-0.2, 0) is 6.42 Å². The number of carbonyl (C=O) groups excluding carboxylic acids is 1. The molecule has 0 saturated heterocycles. The van der Waals surface area contributed by atoms with Crippen molar-refractivity contribution < 1.29 is 4.79 Å². The molecular weight excluding hydrogens is 260 g/mol. The molecule has 0 aliphatic heterocycles. The van der Waals surface area contributed by atoms with Gasteiger partial charge in [0.1, 0.15) is 0 Å². The topological polar surface area (TPSA) is 41.1 Å². The van der Waals surface area contributed by atoms with Gasteiger partial charge in [0, 0.05) is 12.2 Å². The van der Waals surface area contributed by atoms with E-state index in [0.717, 1.165) is 31.5 Å². The van der Waals surface area contributed by atoms with Gasteiger partial charge in [0.25, 0.3) is 0 Å². The van der Waals surface area contributed by atoms with Crippen LogP contribution in [0.4, 0.5) is 10.5 Å². The predicted molar refractivity (Wildman–Crippen MR) is 86.6 cm³/mol. The van der Waals surface area contributed by atoms with E-state index in [4.69, 9.17) is 0 Å². The van der Waals surface area contributed by atoms with Gasteiger partial charge in [0.15, 0.2) is 0 Å². The third-order valence-corrected chi connectivity index (χ3v) is 3.87. The Bertz CT molecular complexity index is 664. The zero-order valence-electron chi connectivity index (χ0n) is 12.3. The van der Waals surface area contributed by atoms with Crippen LogP contribution in [0.15, 0.2) is 42.5 Å². The minimum absolute atomic E-state index is 0.126. The van der Waals surface area contributed by atoms with E-state index in [9.17, 15) is 4.79 Å². The van der Waals surface area contributed by atoms with Crippen molar-refractivity contribution in [2.75, 3.05) is 11.9 Å². The number of benzene rings is 2. The van der Waals surface area contributed by atoms with Gasteiger partial charge in [-0.2, -0.15) is 0 Å². The van der Waals surface area contributed by atoms with Crippen LogP contribution in [-0.4, -0.2) is 12.6 Å². The molecule has 108 valence electrons. The number of anilines is 1. The molecule has 3 heteroatoms. The van der Waals surface area contributed by atoms with Crippen molar-refractivity contribution in [3.63, 3.8) is 0 Å². The second-order valence-electron chi connectivity index (χ2n) is 5.44. The van der Waals surface area contributed by atoms with Crippen LogP contribution >= 0.6 is 0 Å². The number of amides is 2. The fraction of sp³-hybridized carbons (Fsp3) is 0.278. The van der Waals surface area contributed by atoms with Crippen molar-refractivity contribution in [2.24, 2.45) is 0 Å². The van der Waals surface area contributed by atoms with E-state index in [2.05, 4.69) is 54.0 Å². The molecule has 0 fully saturated rings. The molecule has 2 amide bonds. The first-order valence-corrected chi connectivity index (χ1v) is 7.54. The molecular formula is C18H20N2O. The summed E-state index contributed by atoms with van der Waals surface area (Å²) in [5.74, 6) is 0. The maximum absolute atomic E-state index is 11.8. The van der Waals surface area contributed by atoms with Gasteiger partial charge in [-0.05, 0) is 47.2 Å². The van der Waals surface area contributed by atoms with E-state index in [1.54, 1.807) is 0 Å². The van der Waals surface area contributed by atoms with Crippen molar-refractivity contribution in [2.45, 2.75) is 26.2 Å². The Morgan fingerprint density at radius 1 is 1.10 bits per heavy atom. The fourth-order valence-electron chi connectivity index (χ4n) is 2.78. The quantitative estimate of drug-likeness (QED) is 0.692. The summed E-state index contributed by atoms with van der Waals surface area (Å²) in [5.41, 5.74) is 6.09. The van der Waals surface area contributed by atoms with Crippen molar-refractivity contribution in [3.8, 4) is 11.1 Å². The molecule has 0 spiro atoms. The molecule has 2 N–H and O–H groups in total. The monoisotopic (exact) mass is 280 g/mol. The van der Waals surface area contributed by atoms with Gasteiger partial charge < -0.3 is 10.6 Å². The number of unbranched alkanes of at least 4 members (excludes halogenated alkanes) is 1. The van der Waals surface area contributed by atoms with Gasteiger partial charge in [0.05, 0.1) is 0 Å². The second-order valence-corrected chi connectivity index (χ2v) is 5.44. The second kappa shape index (κ2) is 6.00. The lowest BCUT2D eigenvalue weighted by molar-refractivity contribution is 0.252. The number of nitrogens with one attached hydrogen (secondary N) is 2. The number of rotatable bonds is 4. The molecule has 3 rings (SSSR count). The van der Waals surface area contributed by atoms with E-state index in [1.807, 2.05) is 6.07 Å². The molecule has 3 nitrogen and oxygen atoms in total. The molecule has 0 radical (unpaired) electrons. The first-order valence-electron chi connectivity index (χ1n) is 7.54. The highest BCUT2D eigenvalue weighted by Crippen LogP contribution is 2.37. The molecule has 1 aliphatic rings. The number of hydrogen-bond acceptors (Lipinski definition) is 1. The smallest absolute Gasteiger partial charge is 0.319 e. The van der Waals surface area contributed by atoms with E-state index < -0.39 is 0 Å². The minimum atomic E-state index is -0.126. The summed E-state index contributed by atoms with van der Waals surface area (Å²) in [7, 11) is 0. The standard InChI is InChI=1S/C18H20N2O/c1-2-3-10-19-18(21)20-15-8-9-17-14(12-15)11-13-6-4-5-7-16(13)17/h4-9,12H,2-3,10-11H2,1H3,(H2,19,20,21). The van der Waals surface area contributed by atoms with Crippen molar-refractivity contribution >= 4 is 11.7 Å². The van der Waals surface area contributed by atoms with Crippen LogP contribution in [0.3, 0.4) is 0 Å². The van der Waals surface area contributed by atoms with E-state index >= 15 is 0 Å². The molecule has 2 aromatic carbocycles. The van der Waals surface area contributed by atoms with E-state index in [-0.39, 0.29) is 6.03 Å². The molecule has 0 saturated carbocycles. The van der Waals surface area contributed by atoms with Gasteiger partial charge >= 0.3 is 6.03 Å². The summed E-state index contributed by atoms with van der Waals surface area (Å²) in [4.78, 5) is 11.8. The lowest BCUT2D eigenvalue weighted by Crippen LogP contribution is -2.29. The number of hydrogen-bond donors (Lipinski definition) is 2. The number of fused-ring (bicyclic) bond motifs is 3. The van der Waals surface area contributed by atoms with E-state index in [0.29, 0.717) is 0 Å². The Balaban J connectivity index is 1.71. The van der Waals surface area contributed by atoms with Crippen LogP contribution in [0.5, 0.6) is 0 Å². The number of carbonyl (C=O) groups is 1. The fourth-order valence-corrected chi connectivity index (χ4v) is 2.78. The van der Waals surface area contributed by atoms with Crippen LogP contribution in [0.25, 0.3) is 11.1 Å². The maximum Gasteiger partial charge on any atom is 0.319 e. The third-order valence-electron chi connectivity index (χ3n) is 3.87. The summed E-state index contributed by atoms with van der Waals surface area (Å²) in [6.45, 7) is 2.83. The lowest BCUT2D eigenvalue weighted by Gasteiger charge is -2.09. The highest BCUT2D eigenvalue weighted by atomic mass is 16.2. The SMILES string of the molecule is CCCCNC(=O)Nc1ccc2c(c1)Cc1ccccc1-2. The zero-order valence-corrected chi connectivity index (χ0v) is 12.3. The highest BCUT2D eigenvalue weighted by molar-refractivity contribution is 5.90. The first kappa shape index (κ1) is 13.7. The highest BCUT2D eigenvalue weighted by Gasteiger charge is 2.18. The third kappa shape index (κ3) is 2.92. The maximum atomic E-state index is 11.8. The normalized spacial score (nSPS) is 11.7. The lowest BCUT2D eigenvalue weighted by atomic mass is 10.1. The molecule has 0 atom stereocenters. The number of urea groups is 1. The van der Waals surface area contributed by atoms with Gasteiger partial charge in [-0.3, -0.25) is 0 Å². The molecule has 1 aliphatic carbocycles. The predicted octanol–water partition coefficient (Wildman–Crippen LogP) is 4.18. The molecule has 0 unspecified atom stereocenters. The Hall–Kier alpha value is -2.29. The van der Waals surface area contributed by atoms with Crippen molar-refractivity contribution in [1.82, 2.24) is 5.32 Å². The van der Waals surface area contributed by atoms with Crippen molar-refractivity contribution in [3.05, 3.63) is 53.6 Å². The average molecular weight is 280 g/mol. The first-order chi connectivity index (χ1) is 10.3. The zero-order chi connectivity index (χ0) is 14.7. The Kier molecular flexibility index (Phi) is 3.91. The Morgan fingerprint density at radius 2 is 1.90 bits per heavy atom. The largest absolute Gasteiger partial charge is 0.338 e. The molecule has 21 heavy (non-hydrogen) atoms. The average Bonchev–Trinajstić information content (AvgIpc) is 2.85. The van der Waals surface area contributed by atoms with Crippen molar-refractivity contribution in [1.29, 1.82) is 0 Å². The van der Waals surface area contributed by atoms with Crippen LogP contribution in [0, 0.1) is 0 Å². The van der Waals surface area contributed by atoms with E-state index in [1.165, 1.54) is 22.3 Å². The van der Waals surface area contributed by atoms with Gasteiger partial charge in [-0.25, -0.2) is 4.79 Å². The van der Waals surface area contributed by atoms with Crippen LogP contribution < -0.4 is 10.6 Å². The Labute approximate surface area is 125 Å². The van der Waals surface area contributed by atoms with Crippen LogP contribution in [0.1, 0.15) is 30.9 Å². The summed E-state index contributed by atoms with van der Waals surface area (Å²) in [5, 5.41) is 5.77. The molecule has 0 aromatic heterocycles. The molecule has 2 aromatic rings. The summed E-state index contributed by atoms with van der Waals surface area (Å²) in [6.07, 6.45) is 3.03. The van der Waals surface area contributed by atoms with Gasteiger partial charge in [-0.15, -0.1) is 0 Å². The summed E-state index contributed by atoms with van der Waals surface area (Å²) >= 11 is 0. The molecule has 0 bridgehead atoms. The summed E-state index contributed by atoms with van der Waals surface area (Å²) in [6, 6.07) is 14.5. The molecule has 0 heterocycles.